The number of anilines is 1. The van der Waals surface area contributed by atoms with E-state index in [4.69, 9.17) is 0 Å². The second-order valence-corrected chi connectivity index (χ2v) is 6.42. The predicted molar refractivity (Wildman–Crippen MR) is 105 cm³/mol. The molecule has 0 unspecified atom stereocenters. The van der Waals surface area contributed by atoms with Crippen molar-refractivity contribution in [3.05, 3.63) is 77.6 Å². The minimum Gasteiger partial charge on any atom is -0.324 e. The molecule has 1 amide bonds. The van der Waals surface area contributed by atoms with Gasteiger partial charge in [-0.2, -0.15) is 0 Å². The van der Waals surface area contributed by atoms with Crippen molar-refractivity contribution in [3.63, 3.8) is 0 Å². The van der Waals surface area contributed by atoms with E-state index in [1.54, 1.807) is 6.20 Å². The summed E-state index contributed by atoms with van der Waals surface area (Å²) in [7, 11) is 0. The fraction of sp³-hybridized carbons (Fsp3) is 0.136. The smallest absolute Gasteiger partial charge is 0.228 e. The lowest BCUT2D eigenvalue weighted by Crippen LogP contribution is -2.16. The van der Waals surface area contributed by atoms with Gasteiger partial charge in [0.2, 0.25) is 5.91 Å². The molecule has 4 nitrogen and oxygen atoms in total. The number of amides is 1. The number of aryl methyl sites for hydroxylation is 2. The number of para-hydroxylation sites is 2. The highest BCUT2D eigenvalue weighted by molar-refractivity contribution is 6.01. The molecule has 0 aliphatic rings. The topological polar surface area (TPSA) is 54.9 Å². The molecule has 0 saturated carbocycles. The van der Waals surface area contributed by atoms with Crippen molar-refractivity contribution in [3.8, 4) is 0 Å². The molecule has 0 bridgehead atoms. The number of benzene rings is 2. The van der Waals surface area contributed by atoms with E-state index in [1.807, 2.05) is 61.5 Å². The second-order valence-electron chi connectivity index (χ2n) is 6.42. The number of carbonyl (C=O) groups is 1. The molecule has 2 heterocycles. The van der Waals surface area contributed by atoms with Crippen LogP contribution in [0.5, 0.6) is 0 Å². The zero-order chi connectivity index (χ0) is 18.1. The number of rotatable bonds is 3. The summed E-state index contributed by atoms with van der Waals surface area (Å²) in [6.45, 7) is 4.01. The first kappa shape index (κ1) is 16.2. The van der Waals surface area contributed by atoms with E-state index in [0.29, 0.717) is 6.42 Å². The lowest BCUT2D eigenvalue weighted by atomic mass is 9.99. The highest BCUT2D eigenvalue weighted by Crippen LogP contribution is 2.24. The maximum atomic E-state index is 12.7. The van der Waals surface area contributed by atoms with Crippen LogP contribution in [-0.4, -0.2) is 15.9 Å². The normalized spacial score (nSPS) is 11.0. The van der Waals surface area contributed by atoms with Crippen molar-refractivity contribution in [1.29, 1.82) is 0 Å². The van der Waals surface area contributed by atoms with Crippen molar-refractivity contribution in [2.45, 2.75) is 20.3 Å². The van der Waals surface area contributed by atoms with Crippen LogP contribution in [0.1, 0.15) is 16.8 Å². The molecule has 0 fully saturated rings. The summed E-state index contributed by atoms with van der Waals surface area (Å²) in [5.41, 5.74) is 5.48. The van der Waals surface area contributed by atoms with Crippen molar-refractivity contribution in [1.82, 2.24) is 9.97 Å². The highest BCUT2D eigenvalue weighted by atomic mass is 16.1. The standard InChI is InChI=1S/C22H19N3O/c1-14-17-9-3-4-10-19(17)24-15(2)18(14)13-21(26)25-20-11-5-7-16-8-6-12-23-22(16)20/h3-12H,13H2,1-2H3,(H,25,26). The van der Waals surface area contributed by atoms with Crippen LogP contribution in [0.3, 0.4) is 0 Å². The Balaban J connectivity index is 1.65. The van der Waals surface area contributed by atoms with Gasteiger partial charge in [0.15, 0.2) is 0 Å². The number of nitrogens with zero attached hydrogens (tertiary/aromatic N) is 2. The number of pyridine rings is 2. The Bertz CT molecular complexity index is 1130. The highest BCUT2D eigenvalue weighted by Gasteiger charge is 2.14. The van der Waals surface area contributed by atoms with Gasteiger partial charge in [-0.1, -0.05) is 36.4 Å². The number of carbonyl (C=O) groups excluding carboxylic acids is 1. The van der Waals surface area contributed by atoms with Gasteiger partial charge in [-0.15, -0.1) is 0 Å². The molecule has 0 saturated heterocycles. The molecule has 0 aliphatic heterocycles. The van der Waals surface area contributed by atoms with Crippen LogP contribution in [0, 0.1) is 13.8 Å². The third kappa shape index (κ3) is 2.90. The van der Waals surface area contributed by atoms with Crippen LogP contribution in [0.4, 0.5) is 5.69 Å². The molecule has 4 rings (SSSR count). The lowest BCUT2D eigenvalue weighted by molar-refractivity contribution is -0.115. The minimum atomic E-state index is -0.0635. The van der Waals surface area contributed by atoms with E-state index in [9.17, 15) is 4.79 Å². The Labute approximate surface area is 151 Å². The van der Waals surface area contributed by atoms with E-state index < -0.39 is 0 Å². The molecule has 26 heavy (non-hydrogen) atoms. The summed E-state index contributed by atoms with van der Waals surface area (Å²) in [6.07, 6.45) is 2.03. The van der Waals surface area contributed by atoms with Crippen LogP contribution < -0.4 is 5.32 Å². The van der Waals surface area contributed by atoms with Gasteiger partial charge in [-0.05, 0) is 43.2 Å². The maximum absolute atomic E-state index is 12.7. The van der Waals surface area contributed by atoms with Crippen molar-refractivity contribution >= 4 is 33.4 Å². The fourth-order valence-electron chi connectivity index (χ4n) is 3.39. The molecule has 0 spiro atoms. The first-order valence-electron chi connectivity index (χ1n) is 8.62. The van der Waals surface area contributed by atoms with Crippen LogP contribution in [0.15, 0.2) is 60.8 Å². The Hall–Kier alpha value is -3.27. The summed E-state index contributed by atoms with van der Waals surface area (Å²) in [6, 6.07) is 17.7. The molecular weight excluding hydrogens is 322 g/mol. The zero-order valence-electron chi connectivity index (χ0n) is 14.8. The van der Waals surface area contributed by atoms with Gasteiger partial charge in [0.1, 0.15) is 0 Å². The van der Waals surface area contributed by atoms with Crippen LogP contribution >= 0.6 is 0 Å². The van der Waals surface area contributed by atoms with Gasteiger partial charge in [0.25, 0.3) is 0 Å². The van der Waals surface area contributed by atoms with Gasteiger partial charge in [-0.3, -0.25) is 14.8 Å². The molecule has 2 aromatic carbocycles. The Morgan fingerprint density at radius 1 is 1.00 bits per heavy atom. The minimum absolute atomic E-state index is 0.0635. The molecule has 2 aromatic heterocycles. The lowest BCUT2D eigenvalue weighted by Gasteiger charge is -2.13. The Kier molecular flexibility index (Phi) is 4.09. The number of hydrogen-bond acceptors (Lipinski definition) is 3. The third-order valence-electron chi connectivity index (χ3n) is 4.73. The molecule has 0 radical (unpaired) electrons. The fourth-order valence-corrected chi connectivity index (χ4v) is 3.39. The van der Waals surface area contributed by atoms with E-state index in [0.717, 1.165) is 44.3 Å². The third-order valence-corrected chi connectivity index (χ3v) is 4.73. The first-order valence-corrected chi connectivity index (χ1v) is 8.62. The van der Waals surface area contributed by atoms with Gasteiger partial charge in [0.05, 0.1) is 23.1 Å². The Morgan fingerprint density at radius 2 is 1.81 bits per heavy atom. The van der Waals surface area contributed by atoms with Gasteiger partial charge in [-0.25, -0.2) is 0 Å². The van der Waals surface area contributed by atoms with Crippen LogP contribution in [0.2, 0.25) is 0 Å². The number of aromatic nitrogens is 2. The summed E-state index contributed by atoms with van der Waals surface area (Å²) in [5, 5.41) is 5.10. The molecule has 4 heteroatoms. The van der Waals surface area contributed by atoms with Crippen molar-refractivity contribution < 1.29 is 4.79 Å². The van der Waals surface area contributed by atoms with Crippen LogP contribution in [0.25, 0.3) is 21.8 Å². The largest absolute Gasteiger partial charge is 0.324 e. The zero-order valence-corrected chi connectivity index (χ0v) is 14.8. The van der Waals surface area contributed by atoms with Gasteiger partial charge >= 0.3 is 0 Å². The first-order chi connectivity index (χ1) is 12.6. The summed E-state index contributed by atoms with van der Waals surface area (Å²) >= 11 is 0. The SMILES string of the molecule is Cc1nc2ccccc2c(C)c1CC(=O)Nc1cccc2cccnc12. The quantitative estimate of drug-likeness (QED) is 0.593. The molecule has 128 valence electrons. The summed E-state index contributed by atoms with van der Waals surface area (Å²) in [4.78, 5) is 21.7. The predicted octanol–water partition coefficient (Wildman–Crippen LogP) is 4.58. The van der Waals surface area contributed by atoms with Crippen molar-refractivity contribution in [2.75, 3.05) is 5.32 Å². The van der Waals surface area contributed by atoms with E-state index >= 15 is 0 Å². The molecular formula is C22H19N3O. The monoisotopic (exact) mass is 341 g/mol. The molecule has 4 aromatic rings. The number of nitrogens with one attached hydrogen (secondary N) is 1. The Morgan fingerprint density at radius 3 is 2.69 bits per heavy atom. The molecule has 0 atom stereocenters. The van der Waals surface area contributed by atoms with Gasteiger partial charge in [0, 0.05) is 22.7 Å². The average molecular weight is 341 g/mol. The number of hydrogen-bond donors (Lipinski definition) is 1. The number of fused-ring (bicyclic) bond motifs is 2. The molecule has 0 aliphatic carbocycles. The molecule has 1 N–H and O–H groups in total. The van der Waals surface area contributed by atoms with E-state index in [-0.39, 0.29) is 5.91 Å². The average Bonchev–Trinajstić information content (AvgIpc) is 2.65. The van der Waals surface area contributed by atoms with Crippen LogP contribution in [-0.2, 0) is 11.2 Å². The maximum Gasteiger partial charge on any atom is 0.228 e. The van der Waals surface area contributed by atoms with Crippen molar-refractivity contribution in [2.24, 2.45) is 0 Å². The summed E-state index contributed by atoms with van der Waals surface area (Å²) in [5.74, 6) is -0.0635. The van der Waals surface area contributed by atoms with Gasteiger partial charge < -0.3 is 5.32 Å². The van der Waals surface area contributed by atoms with E-state index in [2.05, 4.69) is 22.2 Å². The van der Waals surface area contributed by atoms with E-state index in [1.165, 1.54) is 0 Å². The summed E-state index contributed by atoms with van der Waals surface area (Å²) < 4.78 is 0. The second kappa shape index (κ2) is 6.56.